The van der Waals surface area contributed by atoms with E-state index in [-0.39, 0.29) is 12.0 Å². The maximum Gasteiger partial charge on any atom is 0.223 e. The van der Waals surface area contributed by atoms with Gasteiger partial charge in [0, 0.05) is 27.1 Å². The summed E-state index contributed by atoms with van der Waals surface area (Å²) < 4.78 is 0. The number of nitrogens with one attached hydrogen (secondary N) is 1. The molecule has 4 nitrogen and oxygen atoms in total. The summed E-state index contributed by atoms with van der Waals surface area (Å²) in [6.07, 6.45) is 2.30. The number of nitrogens with zero attached hydrogens (tertiary/aromatic N) is 1. The average molecular weight is 200 g/mol. The Kier molecular flexibility index (Phi) is 4.35. The van der Waals surface area contributed by atoms with Crippen LogP contribution in [0.3, 0.4) is 0 Å². The van der Waals surface area contributed by atoms with E-state index in [2.05, 4.69) is 5.32 Å². The normalized spacial score (nSPS) is 25.6. The van der Waals surface area contributed by atoms with Crippen LogP contribution in [0, 0.1) is 5.92 Å². The molecule has 82 valence electrons. The Labute approximate surface area is 85.3 Å². The molecule has 0 bridgehead atoms. The molecule has 0 atom stereocenters. The van der Waals surface area contributed by atoms with Crippen molar-refractivity contribution in [3.63, 3.8) is 0 Å². The van der Waals surface area contributed by atoms with Crippen LogP contribution in [0.4, 0.5) is 0 Å². The van der Waals surface area contributed by atoms with E-state index < -0.39 is 0 Å². The van der Waals surface area contributed by atoms with E-state index in [0.717, 1.165) is 25.9 Å². The third-order valence-electron chi connectivity index (χ3n) is 2.66. The van der Waals surface area contributed by atoms with Gasteiger partial charge < -0.3 is 15.3 Å². The van der Waals surface area contributed by atoms with Crippen LogP contribution in [0.5, 0.6) is 0 Å². The maximum atomic E-state index is 11.2. The van der Waals surface area contributed by atoms with Gasteiger partial charge in [0.2, 0.25) is 5.91 Å². The van der Waals surface area contributed by atoms with Gasteiger partial charge in [0.15, 0.2) is 0 Å². The first kappa shape index (κ1) is 11.5. The minimum atomic E-state index is -0.0785. The largest absolute Gasteiger partial charge is 0.393 e. The fourth-order valence-electron chi connectivity index (χ4n) is 1.59. The molecule has 0 radical (unpaired) electrons. The molecule has 1 rings (SSSR count). The molecule has 0 saturated heterocycles. The van der Waals surface area contributed by atoms with Crippen molar-refractivity contribution in [3.05, 3.63) is 0 Å². The Morgan fingerprint density at radius 3 is 2.64 bits per heavy atom. The second kappa shape index (κ2) is 5.32. The predicted molar refractivity (Wildman–Crippen MR) is 54.9 cm³/mol. The van der Waals surface area contributed by atoms with Gasteiger partial charge in [-0.3, -0.25) is 4.79 Å². The highest BCUT2D eigenvalue weighted by molar-refractivity contribution is 5.75. The van der Waals surface area contributed by atoms with Gasteiger partial charge in [-0.1, -0.05) is 0 Å². The number of rotatable bonds is 5. The first-order valence-corrected chi connectivity index (χ1v) is 5.18. The van der Waals surface area contributed by atoms with Crippen LogP contribution in [0.15, 0.2) is 0 Å². The summed E-state index contributed by atoms with van der Waals surface area (Å²) in [5.41, 5.74) is 0. The Morgan fingerprint density at radius 1 is 1.50 bits per heavy atom. The van der Waals surface area contributed by atoms with Crippen molar-refractivity contribution < 1.29 is 9.90 Å². The number of carbonyl (C=O) groups excluding carboxylic acids is 1. The van der Waals surface area contributed by atoms with Crippen LogP contribution in [-0.2, 0) is 4.79 Å². The van der Waals surface area contributed by atoms with E-state index in [1.165, 1.54) is 0 Å². The zero-order chi connectivity index (χ0) is 10.6. The average Bonchev–Trinajstić information content (AvgIpc) is 2.08. The summed E-state index contributed by atoms with van der Waals surface area (Å²) in [6, 6.07) is 0. The molecule has 0 unspecified atom stereocenters. The Morgan fingerprint density at radius 2 is 2.14 bits per heavy atom. The molecule has 14 heavy (non-hydrogen) atoms. The maximum absolute atomic E-state index is 11.2. The van der Waals surface area contributed by atoms with E-state index in [4.69, 9.17) is 5.11 Å². The summed E-state index contributed by atoms with van der Waals surface area (Å²) in [4.78, 5) is 12.8. The highest BCUT2D eigenvalue weighted by Gasteiger charge is 2.26. The molecule has 1 fully saturated rings. The number of carbonyl (C=O) groups is 1. The molecular formula is C10H20N2O2. The molecule has 0 aromatic heterocycles. The van der Waals surface area contributed by atoms with Gasteiger partial charge in [-0.25, -0.2) is 0 Å². The van der Waals surface area contributed by atoms with Crippen molar-refractivity contribution >= 4 is 5.91 Å². The topological polar surface area (TPSA) is 52.6 Å². The van der Waals surface area contributed by atoms with E-state index in [9.17, 15) is 4.79 Å². The molecule has 0 aliphatic heterocycles. The van der Waals surface area contributed by atoms with Crippen molar-refractivity contribution in [3.8, 4) is 0 Å². The molecule has 2 N–H and O–H groups in total. The van der Waals surface area contributed by atoms with Gasteiger partial charge in [0.1, 0.15) is 0 Å². The lowest BCUT2D eigenvalue weighted by molar-refractivity contribution is -0.128. The van der Waals surface area contributed by atoms with Crippen LogP contribution >= 0.6 is 0 Å². The lowest BCUT2D eigenvalue weighted by Crippen LogP contribution is -2.37. The number of hydrogen-bond donors (Lipinski definition) is 2. The second-order valence-corrected chi connectivity index (χ2v) is 4.23. The van der Waals surface area contributed by atoms with Crippen LogP contribution in [0.2, 0.25) is 0 Å². The minimum Gasteiger partial charge on any atom is -0.393 e. The number of amides is 1. The standard InChI is InChI=1S/C10H20N2O2/c1-12(2)10(14)3-4-11-7-8-5-9(13)6-8/h8-9,11,13H,3-7H2,1-2H3. The molecule has 0 spiro atoms. The van der Waals surface area contributed by atoms with Gasteiger partial charge in [-0.05, 0) is 25.3 Å². The fourth-order valence-corrected chi connectivity index (χ4v) is 1.59. The third kappa shape index (κ3) is 3.64. The SMILES string of the molecule is CN(C)C(=O)CCNCC1CC(O)C1. The number of hydrogen-bond acceptors (Lipinski definition) is 3. The predicted octanol–water partition coefficient (Wildman–Crippen LogP) is -0.175. The molecule has 0 aromatic carbocycles. The Bertz CT molecular complexity index is 189. The van der Waals surface area contributed by atoms with Gasteiger partial charge in [-0.2, -0.15) is 0 Å². The van der Waals surface area contributed by atoms with E-state index >= 15 is 0 Å². The Hall–Kier alpha value is -0.610. The van der Waals surface area contributed by atoms with Gasteiger partial charge >= 0.3 is 0 Å². The molecule has 1 aliphatic rings. The van der Waals surface area contributed by atoms with Gasteiger partial charge in [0.05, 0.1) is 6.10 Å². The highest BCUT2D eigenvalue weighted by Crippen LogP contribution is 2.25. The van der Waals surface area contributed by atoms with Gasteiger partial charge in [0.25, 0.3) is 0 Å². The number of aliphatic hydroxyl groups is 1. The molecular weight excluding hydrogens is 180 g/mol. The smallest absolute Gasteiger partial charge is 0.223 e. The number of aliphatic hydroxyl groups excluding tert-OH is 1. The summed E-state index contributed by atoms with van der Waals surface area (Å²) in [5.74, 6) is 0.769. The quantitative estimate of drug-likeness (QED) is 0.606. The summed E-state index contributed by atoms with van der Waals surface area (Å²) >= 11 is 0. The molecule has 1 saturated carbocycles. The molecule has 0 aromatic rings. The van der Waals surface area contributed by atoms with Crippen molar-refractivity contribution in [1.82, 2.24) is 10.2 Å². The molecule has 1 aliphatic carbocycles. The molecule has 0 heterocycles. The van der Waals surface area contributed by atoms with Crippen molar-refractivity contribution in [1.29, 1.82) is 0 Å². The van der Waals surface area contributed by atoms with Crippen molar-refractivity contribution in [2.75, 3.05) is 27.2 Å². The highest BCUT2D eigenvalue weighted by atomic mass is 16.3. The van der Waals surface area contributed by atoms with E-state index in [1.54, 1.807) is 19.0 Å². The minimum absolute atomic E-state index is 0.0785. The van der Waals surface area contributed by atoms with Crippen LogP contribution in [-0.4, -0.2) is 49.2 Å². The second-order valence-electron chi connectivity index (χ2n) is 4.23. The lowest BCUT2D eigenvalue weighted by atomic mass is 9.82. The lowest BCUT2D eigenvalue weighted by Gasteiger charge is -2.31. The summed E-state index contributed by atoms with van der Waals surface area (Å²) in [6.45, 7) is 1.67. The first-order valence-electron chi connectivity index (χ1n) is 5.18. The monoisotopic (exact) mass is 200 g/mol. The zero-order valence-corrected chi connectivity index (χ0v) is 8.99. The Balaban J connectivity index is 1.92. The van der Waals surface area contributed by atoms with Gasteiger partial charge in [-0.15, -0.1) is 0 Å². The van der Waals surface area contributed by atoms with Crippen LogP contribution in [0.25, 0.3) is 0 Å². The third-order valence-corrected chi connectivity index (χ3v) is 2.66. The fraction of sp³-hybridized carbons (Fsp3) is 0.900. The van der Waals surface area contributed by atoms with Crippen molar-refractivity contribution in [2.24, 2.45) is 5.92 Å². The molecule has 1 amide bonds. The van der Waals surface area contributed by atoms with Crippen LogP contribution < -0.4 is 5.32 Å². The summed E-state index contributed by atoms with van der Waals surface area (Å²) in [5, 5.41) is 12.3. The summed E-state index contributed by atoms with van der Waals surface area (Å²) in [7, 11) is 3.54. The van der Waals surface area contributed by atoms with E-state index in [1.807, 2.05) is 0 Å². The first-order chi connectivity index (χ1) is 6.59. The molecule has 4 heteroatoms. The van der Waals surface area contributed by atoms with Crippen molar-refractivity contribution in [2.45, 2.75) is 25.4 Å². The van der Waals surface area contributed by atoms with Crippen LogP contribution in [0.1, 0.15) is 19.3 Å². The van der Waals surface area contributed by atoms with E-state index in [0.29, 0.717) is 12.3 Å². The zero-order valence-electron chi connectivity index (χ0n) is 8.99.